The van der Waals surface area contributed by atoms with E-state index in [2.05, 4.69) is 41.6 Å². The van der Waals surface area contributed by atoms with Crippen LogP contribution < -0.4 is 5.32 Å². The molecule has 0 bridgehead atoms. The van der Waals surface area contributed by atoms with Gasteiger partial charge in [0.15, 0.2) is 5.84 Å². The average molecular weight is 544 g/mol. The molecule has 29 heavy (non-hydrogen) atoms. The number of nitrogens with one attached hydrogen (secondary N) is 1. The zero-order chi connectivity index (χ0) is 21.9. The number of hydrogen-bond donors (Lipinski definition) is 2. The Hall–Kier alpha value is -1.38. The van der Waals surface area contributed by atoms with Crippen molar-refractivity contribution >= 4 is 53.4 Å². The third kappa shape index (κ3) is 4.25. The van der Waals surface area contributed by atoms with E-state index >= 15 is 0 Å². The summed E-state index contributed by atoms with van der Waals surface area (Å²) in [4.78, 5) is 0.105. The molecule has 2 N–H and O–H groups in total. The van der Waals surface area contributed by atoms with Crippen molar-refractivity contribution in [2.45, 2.75) is 57.3 Å². The second-order valence-electron chi connectivity index (χ2n) is 9.22. The first-order chi connectivity index (χ1) is 13.1. The van der Waals surface area contributed by atoms with Crippen LogP contribution in [0.5, 0.6) is 5.75 Å². The first-order valence-corrected chi connectivity index (χ1v) is 12.1. The molecule has 1 heterocycles. The number of halogens is 2. The van der Waals surface area contributed by atoms with E-state index in [1.54, 1.807) is 6.07 Å². The Kier molecular flexibility index (Phi) is 5.46. The maximum atomic E-state index is 12.9. The van der Waals surface area contributed by atoms with Crippen molar-refractivity contribution in [2.75, 3.05) is 5.32 Å². The monoisotopic (exact) mass is 542 g/mol. The molecule has 0 saturated heterocycles. The van der Waals surface area contributed by atoms with Crippen LogP contribution in [-0.4, -0.2) is 19.4 Å². The molecule has 0 aromatic heterocycles. The number of amidine groups is 1. The molecular formula is C21H24Br2N2O3S. The van der Waals surface area contributed by atoms with Gasteiger partial charge in [0.05, 0.1) is 5.69 Å². The molecule has 1 aliphatic rings. The van der Waals surface area contributed by atoms with Gasteiger partial charge in [0.25, 0.3) is 10.0 Å². The molecule has 5 nitrogen and oxygen atoms in total. The van der Waals surface area contributed by atoms with Crippen molar-refractivity contribution in [3.8, 4) is 5.75 Å². The van der Waals surface area contributed by atoms with Crippen molar-refractivity contribution in [1.29, 1.82) is 0 Å². The molecule has 1 aliphatic heterocycles. The molecule has 0 spiro atoms. The lowest BCUT2D eigenvalue weighted by molar-refractivity contribution is 0.423. The number of hydrogen-bond acceptors (Lipinski definition) is 4. The molecule has 0 radical (unpaired) electrons. The highest BCUT2D eigenvalue weighted by Crippen LogP contribution is 2.42. The smallest absolute Gasteiger partial charge is 0.286 e. The van der Waals surface area contributed by atoms with Gasteiger partial charge < -0.3 is 10.4 Å². The minimum Gasteiger partial charge on any atom is -0.507 e. The topological polar surface area (TPSA) is 78.8 Å². The second kappa shape index (κ2) is 7.10. The van der Waals surface area contributed by atoms with E-state index in [9.17, 15) is 13.5 Å². The van der Waals surface area contributed by atoms with Gasteiger partial charge in [0, 0.05) is 25.6 Å². The Balaban J connectivity index is 2.28. The molecule has 3 rings (SSSR count). The van der Waals surface area contributed by atoms with Crippen molar-refractivity contribution in [2.24, 2.45) is 4.40 Å². The lowest BCUT2D eigenvalue weighted by atomic mass is 9.78. The molecule has 0 amide bonds. The van der Waals surface area contributed by atoms with E-state index in [1.807, 2.05) is 53.7 Å². The number of sulfonamides is 1. The van der Waals surface area contributed by atoms with Gasteiger partial charge in [-0.3, -0.25) is 0 Å². The van der Waals surface area contributed by atoms with Crippen LogP contribution in [0.15, 0.2) is 42.5 Å². The first-order valence-electron chi connectivity index (χ1n) is 9.10. The summed E-state index contributed by atoms with van der Waals surface area (Å²) in [5.41, 5.74) is 1.86. The number of nitrogens with zero attached hydrogens (tertiary/aromatic N) is 1. The van der Waals surface area contributed by atoms with Gasteiger partial charge >= 0.3 is 0 Å². The molecule has 2 aromatic rings. The van der Waals surface area contributed by atoms with Crippen LogP contribution in [0.3, 0.4) is 0 Å². The van der Waals surface area contributed by atoms with Crippen molar-refractivity contribution in [3.05, 3.63) is 49.9 Å². The fraction of sp³-hybridized carbons (Fsp3) is 0.381. The summed E-state index contributed by atoms with van der Waals surface area (Å²) < 4.78 is 31.0. The first kappa shape index (κ1) is 22.3. The molecule has 2 aromatic carbocycles. The maximum Gasteiger partial charge on any atom is 0.286 e. The molecule has 156 valence electrons. The van der Waals surface area contributed by atoms with Crippen LogP contribution in [0.1, 0.15) is 58.2 Å². The number of fused-ring (bicyclic) bond motifs is 1. The molecule has 0 fully saturated rings. The molecule has 0 saturated carbocycles. The lowest BCUT2D eigenvalue weighted by Crippen LogP contribution is -2.25. The minimum atomic E-state index is -3.89. The molecule has 8 heteroatoms. The number of aromatic hydroxyl groups is 1. The summed E-state index contributed by atoms with van der Waals surface area (Å²) in [7, 11) is -3.89. The third-order valence-corrected chi connectivity index (χ3v) is 7.13. The van der Waals surface area contributed by atoms with Crippen LogP contribution in [0.25, 0.3) is 0 Å². The highest BCUT2D eigenvalue weighted by Gasteiger charge is 2.31. The third-order valence-electron chi connectivity index (χ3n) is 4.75. The van der Waals surface area contributed by atoms with E-state index < -0.39 is 10.0 Å². The SMILES string of the molecule is CC(C)(C)c1cc(C2=NS(=O)(=O)c3cc(Br)cc(Br)c3N2)cc(C(C)(C)C)c1O. The van der Waals surface area contributed by atoms with E-state index in [-0.39, 0.29) is 27.3 Å². The summed E-state index contributed by atoms with van der Waals surface area (Å²) in [5.74, 6) is 0.468. The predicted octanol–water partition coefficient (Wildman–Crippen LogP) is 6.07. The number of rotatable bonds is 1. The average Bonchev–Trinajstić information content (AvgIpc) is 2.53. The second-order valence-corrected chi connectivity index (χ2v) is 12.6. The van der Waals surface area contributed by atoms with Gasteiger partial charge in [-0.25, -0.2) is 0 Å². The minimum absolute atomic E-state index is 0.105. The quantitative estimate of drug-likeness (QED) is 0.457. The van der Waals surface area contributed by atoms with E-state index in [0.717, 1.165) is 11.1 Å². The van der Waals surface area contributed by atoms with E-state index in [0.29, 0.717) is 20.2 Å². The summed E-state index contributed by atoms with van der Waals surface area (Å²) in [6, 6.07) is 6.93. The Morgan fingerprint density at radius 1 is 0.931 bits per heavy atom. The van der Waals surface area contributed by atoms with Crippen molar-refractivity contribution in [1.82, 2.24) is 0 Å². The highest BCUT2D eigenvalue weighted by molar-refractivity contribution is 9.11. The van der Waals surface area contributed by atoms with Crippen molar-refractivity contribution in [3.63, 3.8) is 0 Å². The number of benzene rings is 2. The summed E-state index contributed by atoms with van der Waals surface area (Å²) in [6.45, 7) is 12.1. The number of phenols is 1. The van der Waals surface area contributed by atoms with Gasteiger partial charge in [0.1, 0.15) is 10.6 Å². The fourth-order valence-corrected chi connectivity index (χ4v) is 6.02. The predicted molar refractivity (Wildman–Crippen MR) is 125 cm³/mol. The van der Waals surface area contributed by atoms with Crippen LogP contribution in [-0.2, 0) is 20.9 Å². The highest BCUT2D eigenvalue weighted by atomic mass is 79.9. The largest absolute Gasteiger partial charge is 0.507 e. The summed E-state index contributed by atoms with van der Waals surface area (Å²) in [5, 5.41) is 14.1. The Morgan fingerprint density at radius 2 is 1.45 bits per heavy atom. The molecule has 0 atom stereocenters. The molecule has 0 unspecified atom stereocenters. The Labute approximate surface area is 189 Å². The number of phenolic OH excluding ortho intramolecular Hbond substituents is 1. The van der Waals surface area contributed by atoms with Crippen LogP contribution in [0.4, 0.5) is 5.69 Å². The molecular weight excluding hydrogens is 520 g/mol. The standard InChI is InChI=1S/C21H24Br2N2O3S/c1-20(2,3)13-7-11(8-14(18(13)26)21(4,5)6)19-24-17-15(23)9-12(22)10-16(17)29(27,28)25-19/h7-10,26H,1-6H3,(H,24,25). The normalized spacial score (nSPS) is 16.1. The molecule has 0 aliphatic carbocycles. The van der Waals surface area contributed by atoms with Gasteiger partial charge in [-0.15, -0.1) is 4.40 Å². The van der Waals surface area contributed by atoms with Crippen LogP contribution in [0, 0.1) is 0 Å². The van der Waals surface area contributed by atoms with E-state index in [1.165, 1.54) is 6.07 Å². The van der Waals surface area contributed by atoms with Crippen LogP contribution >= 0.6 is 31.9 Å². The van der Waals surface area contributed by atoms with Gasteiger partial charge in [-0.1, -0.05) is 57.5 Å². The lowest BCUT2D eigenvalue weighted by Gasteiger charge is -2.29. The zero-order valence-corrected chi connectivity index (χ0v) is 21.2. The van der Waals surface area contributed by atoms with Gasteiger partial charge in [0.2, 0.25) is 0 Å². The summed E-state index contributed by atoms with van der Waals surface area (Å²) >= 11 is 6.76. The number of anilines is 1. The zero-order valence-electron chi connectivity index (χ0n) is 17.2. The summed E-state index contributed by atoms with van der Waals surface area (Å²) in [6.07, 6.45) is 0. The Bertz CT molecular complexity index is 1110. The van der Waals surface area contributed by atoms with Crippen LogP contribution in [0.2, 0.25) is 0 Å². The maximum absolute atomic E-state index is 12.9. The van der Waals surface area contributed by atoms with Gasteiger partial charge in [-0.2, -0.15) is 8.42 Å². The van der Waals surface area contributed by atoms with Gasteiger partial charge in [-0.05, 0) is 51.0 Å². The van der Waals surface area contributed by atoms with E-state index in [4.69, 9.17) is 0 Å². The Morgan fingerprint density at radius 3 is 1.93 bits per heavy atom. The fourth-order valence-electron chi connectivity index (χ4n) is 3.22. The van der Waals surface area contributed by atoms with Crippen molar-refractivity contribution < 1.29 is 13.5 Å².